The molecule has 2 nitrogen and oxygen atoms in total. The summed E-state index contributed by atoms with van der Waals surface area (Å²) in [7, 11) is 0. The highest BCUT2D eigenvalue weighted by Crippen LogP contribution is 2.17. The van der Waals surface area contributed by atoms with Crippen LogP contribution < -0.4 is 5.32 Å². The van der Waals surface area contributed by atoms with Crippen LogP contribution in [0.25, 0.3) is 0 Å². The zero-order chi connectivity index (χ0) is 11.5. The first-order chi connectivity index (χ1) is 7.65. The number of nitrogens with zero attached hydrogens (tertiary/aromatic N) is 1. The molecule has 0 saturated heterocycles. The molecule has 16 heavy (non-hydrogen) atoms. The first-order valence-corrected chi connectivity index (χ1v) is 5.63. The van der Waals surface area contributed by atoms with Gasteiger partial charge in [-0.15, -0.1) is 11.3 Å². The van der Waals surface area contributed by atoms with Crippen LogP contribution in [0.2, 0.25) is 0 Å². The minimum atomic E-state index is -0.463. The van der Waals surface area contributed by atoms with Gasteiger partial charge in [0.05, 0.1) is 12.2 Å². The van der Waals surface area contributed by atoms with Crippen molar-refractivity contribution in [1.82, 2.24) is 4.98 Å². The Balaban J connectivity index is 2.07. The van der Waals surface area contributed by atoms with E-state index in [1.54, 1.807) is 0 Å². The van der Waals surface area contributed by atoms with Gasteiger partial charge in [-0.05, 0) is 25.1 Å². The summed E-state index contributed by atoms with van der Waals surface area (Å²) in [5.41, 5.74) is 1.09. The highest BCUT2D eigenvalue weighted by molar-refractivity contribution is 7.09. The Morgan fingerprint density at radius 3 is 2.88 bits per heavy atom. The Hall–Kier alpha value is -1.49. The molecule has 0 saturated carbocycles. The first kappa shape index (κ1) is 11.0. The van der Waals surface area contributed by atoms with Gasteiger partial charge >= 0.3 is 0 Å². The summed E-state index contributed by atoms with van der Waals surface area (Å²) in [6.07, 6.45) is 0. The van der Waals surface area contributed by atoms with Crippen molar-refractivity contribution in [2.45, 2.75) is 13.5 Å². The molecule has 2 aromatic rings. The lowest BCUT2D eigenvalue weighted by atomic mass is 10.3. The van der Waals surface area contributed by atoms with Crippen LogP contribution in [0.3, 0.4) is 0 Å². The molecule has 2 rings (SSSR count). The van der Waals surface area contributed by atoms with Gasteiger partial charge < -0.3 is 5.32 Å². The van der Waals surface area contributed by atoms with Gasteiger partial charge in [0.25, 0.3) is 0 Å². The number of halogens is 2. The van der Waals surface area contributed by atoms with Crippen molar-refractivity contribution in [3.63, 3.8) is 0 Å². The second-order valence-electron chi connectivity index (χ2n) is 3.36. The van der Waals surface area contributed by atoms with Crippen LogP contribution in [0.1, 0.15) is 10.7 Å². The molecule has 0 unspecified atom stereocenters. The molecule has 0 atom stereocenters. The van der Waals surface area contributed by atoms with Crippen molar-refractivity contribution >= 4 is 17.0 Å². The zero-order valence-corrected chi connectivity index (χ0v) is 9.44. The van der Waals surface area contributed by atoms with E-state index >= 15 is 0 Å². The van der Waals surface area contributed by atoms with Crippen LogP contribution >= 0.6 is 11.3 Å². The Morgan fingerprint density at radius 2 is 2.19 bits per heavy atom. The lowest BCUT2D eigenvalue weighted by Gasteiger charge is -2.05. The number of aromatic nitrogens is 1. The molecule has 0 bridgehead atoms. The number of aryl methyl sites for hydroxylation is 1. The summed E-state index contributed by atoms with van der Waals surface area (Å²) in [5, 5.41) is 5.58. The maximum atomic E-state index is 13.2. The van der Waals surface area contributed by atoms with Gasteiger partial charge in [0, 0.05) is 11.1 Å². The smallest absolute Gasteiger partial charge is 0.146 e. The molecule has 5 heteroatoms. The fourth-order valence-corrected chi connectivity index (χ4v) is 2.00. The monoisotopic (exact) mass is 240 g/mol. The number of benzene rings is 1. The van der Waals surface area contributed by atoms with E-state index in [0.717, 1.165) is 28.9 Å². The third-order valence-electron chi connectivity index (χ3n) is 2.03. The molecule has 1 heterocycles. The lowest BCUT2D eigenvalue weighted by Crippen LogP contribution is -2.01. The maximum Gasteiger partial charge on any atom is 0.146 e. The average Bonchev–Trinajstić information content (AvgIpc) is 2.66. The van der Waals surface area contributed by atoms with E-state index in [2.05, 4.69) is 10.3 Å². The number of hydrogen-bond donors (Lipinski definition) is 1. The van der Waals surface area contributed by atoms with Crippen molar-refractivity contribution in [1.29, 1.82) is 0 Å². The molecule has 0 aliphatic heterocycles. The third kappa shape index (κ3) is 2.55. The van der Waals surface area contributed by atoms with Gasteiger partial charge in [0.2, 0.25) is 0 Å². The highest BCUT2D eigenvalue weighted by atomic mass is 32.1. The molecule has 1 N–H and O–H groups in total. The van der Waals surface area contributed by atoms with Crippen molar-refractivity contribution in [2.24, 2.45) is 0 Å². The molecule has 84 valence electrons. The fourth-order valence-electron chi connectivity index (χ4n) is 1.29. The zero-order valence-electron chi connectivity index (χ0n) is 8.63. The van der Waals surface area contributed by atoms with Gasteiger partial charge in [-0.25, -0.2) is 13.8 Å². The number of thiazole rings is 1. The van der Waals surface area contributed by atoms with E-state index in [1.807, 2.05) is 12.3 Å². The van der Waals surface area contributed by atoms with Crippen LogP contribution in [0.15, 0.2) is 23.6 Å². The van der Waals surface area contributed by atoms with E-state index in [4.69, 9.17) is 0 Å². The number of hydrogen-bond acceptors (Lipinski definition) is 3. The topological polar surface area (TPSA) is 24.9 Å². The second kappa shape index (κ2) is 4.57. The van der Waals surface area contributed by atoms with Gasteiger partial charge in [-0.3, -0.25) is 0 Å². The SMILES string of the molecule is Cc1csc(CNc2cc(F)ccc2F)n1. The molecule has 0 fully saturated rings. The standard InChI is InChI=1S/C11H10F2N2S/c1-7-6-16-11(15-7)5-14-10-4-8(12)2-3-9(10)13/h2-4,6,14H,5H2,1H3. The highest BCUT2D eigenvalue weighted by Gasteiger charge is 2.04. The summed E-state index contributed by atoms with van der Waals surface area (Å²) >= 11 is 1.49. The largest absolute Gasteiger partial charge is 0.376 e. The fraction of sp³-hybridized carbons (Fsp3) is 0.182. The summed E-state index contributed by atoms with van der Waals surface area (Å²) < 4.78 is 26.1. The molecule has 0 aliphatic carbocycles. The summed E-state index contributed by atoms with van der Waals surface area (Å²) in [6.45, 7) is 2.29. The van der Waals surface area contributed by atoms with Gasteiger partial charge in [-0.2, -0.15) is 0 Å². The number of rotatable bonds is 3. The Morgan fingerprint density at radius 1 is 1.38 bits per heavy atom. The predicted molar refractivity (Wildman–Crippen MR) is 60.5 cm³/mol. The van der Waals surface area contributed by atoms with Gasteiger partial charge in [0.15, 0.2) is 0 Å². The van der Waals surface area contributed by atoms with E-state index < -0.39 is 11.6 Å². The van der Waals surface area contributed by atoms with Crippen LogP contribution in [0, 0.1) is 18.6 Å². The predicted octanol–water partition coefficient (Wildman–Crippen LogP) is 3.34. The van der Waals surface area contributed by atoms with E-state index in [1.165, 1.54) is 11.3 Å². The average molecular weight is 240 g/mol. The Bertz CT molecular complexity index is 496. The normalized spacial score (nSPS) is 10.4. The third-order valence-corrected chi connectivity index (χ3v) is 2.99. The lowest BCUT2D eigenvalue weighted by molar-refractivity contribution is 0.602. The summed E-state index contributed by atoms with van der Waals surface area (Å²) in [5.74, 6) is -0.922. The molecule has 1 aromatic heterocycles. The van der Waals surface area contributed by atoms with Crippen LogP contribution in [-0.2, 0) is 6.54 Å². The number of nitrogens with one attached hydrogen (secondary N) is 1. The van der Waals surface area contributed by atoms with E-state index in [-0.39, 0.29) is 5.69 Å². The van der Waals surface area contributed by atoms with E-state index in [0.29, 0.717) is 6.54 Å². The Labute approximate surface area is 96.0 Å². The molecule has 0 radical (unpaired) electrons. The molecule has 0 spiro atoms. The maximum absolute atomic E-state index is 13.2. The number of anilines is 1. The minimum absolute atomic E-state index is 0.160. The second-order valence-corrected chi connectivity index (χ2v) is 4.30. The Kier molecular flexibility index (Phi) is 3.14. The molecular formula is C11H10F2N2S. The van der Waals surface area contributed by atoms with Crippen molar-refractivity contribution < 1.29 is 8.78 Å². The van der Waals surface area contributed by atoms with Crippen molar-refractivity contribution in [3.8, 4) is 0 Å². The van der Waals surface area contributed by atoms with Crippen LogP contribution in [-0.4, -0.2) is 4.98 Å². The van der Waals surface area contributed by atoms with Crippen molar-refractivity contribution in [2.75, 3.05) is 5.32 Å². The molecule has 0 aliphatic rings. The van der Waals surface area contributed by atoms with E-state index in [9.17, 15) is 8.78 Å². The van der Waals surface area contributed by atoms with Crippen LogP contribution in [0.5, 0.6) is 0 Å². The molecular weight excluding hydrogens is 230 g/mol. The van der Waals surface area contributed by atoms with Crippen molar-refractivity contribution in [3.05, 3.63) is 45.9 Å². The molecule has 0 amide bonds. The van der Waals surface area contributed by atoms with Crippen LogP contribution in [0.4, 0.5) is 14.5 Å². The first-order valence-electron chi connectivity index (χ1n) is 4.75. The molecule has 1 aromatic carbocycles. The van der Waals surface area contributed by atoms with Gasteiger partial charge in [0.1, 0.15) is 16.6 Å². The quantitative estimate of drug-likeness (QED) is 0.890. The summed E-state index contributed by atoms with van der Waals surface area (Å²) in [4.78, 5) is 4.22. The van der Waals surface area contributed by atoms with Gasteiger partial charge in [-0.1, -0.05) is 0 Å². The minimum Gasteiger partial charge on any atom is -0.376 e. The summed E-state index contributed by atoms with van der Waals surface area (Å²) in [6, 6.07) is 3.33.